The van der Waals surface area contributed by atoms with E-state index in [2.05, 4.69) is 0 Å². The lowest BCUT2D eigenvalue weighted by molar-refractivity contribution is -0.436. The van der Waals surface area contributed by atoms with Crippen molar-refractivity contribution in [3.8, 4) is 0 Å². The maximum absolute atomic E-state index is 12.9. The number of benzene rings is 7. The van der Waals surface area contributed by atoms with Crippen LogP contribution in [-0.4, -0.2) is 130 Å². The third-order valence-electron chi connectivity index (χ3n) is 13.3. The molecule has 0 atom stereocenters. The second-order valence-electron chi connectivity index (χ2n) is 21.9. The zero-order valence-electron chi connectivity index (χ0n) is 57.5. The normalized spacial score (nSPS) is 12.4. The average molecular weight is 1900 g/mol. The van der Waals surface area contributed by atoms with E-state index in [9.17, 15) is 223 Å². The van der Waals surface area contributed by atoms with Crippen molar-refractivity contribution >= 4 is 59.5 Å². The third kappa shape index (κ3) is 30.9. The lowest BCUT2D eigenvalue weighted by atomic mass is 9.94. The van der Waals surface area contributed by atoms with Crippen LogP contribution in [0.2, 0.25) is 0 Å². The molecule has 16 nitrogen and oxygen atoms in total. The molecule has 124 heavy (non-hydrogen) atoms. The second kappa shape index (κ2) is 41.3. The summed E-state index contributed by atoms with van der Waals surface area (Å²) >= 11 is -0.272. The summed E-state index contributed by atoms with van der Waals surface area (Å²) in [6.45, 7) is 0. The number of alkyl halides is 37. The molecule has 0 aliphatic heterocycles. The second-order valence-corrected chi connectivity index (χ2v) is 23.0. The van der Waals surface area contributed by atoms with Crippen molar-refractivity contribution in [1.82, 2.24) is 0 Å². The molecule has 0 saturated heterocycles. The van der Waals surface area contributed by atoms with Crippen LogP contribution in [-0.2, 0) is 59.2 Å². The summed E-state index contributed by atoms with van der Waals surface area (Å²) in [5.41, 5.74) is -21.2. The number of carbonyl (C=O) groups is 8. The van der Waals surface area contributed by atoms with E-state index in [0.29, 0.717) is 72.8 Å². The number of halogens is 42. The maximum atomic E-state index is 12.9. The van der Waals surface area contributed by atoms with E-state index in [1.165, 1.54) is 0 Å². The van der Waals surface area contributed by atoms with Crippen LogP contribution in [0.25, 0.3) is 0 Å². The number of carboxylic acids is 8. The number of carboxylic acid groups (broad SMARTS) is 8. The molecule has 8 N–H and O–H groups in total. The standard InChI is InChI=1S/C9H4F6O2.C9H6F4O2.4C8H4F4O2.C8H5F3O2S.C7HF13O2/c10-8(11,12)4-2-1-3-5(9(13,14)15)6(4)7(16)17;10-6-1-2-7(9(11,12)13)5(3-6)4-8(14)15;9-6-2-1-4(8(10,11)12)3-5(6)7(13)14;9-6-2-1-4(7(13)14)3-5(6)8(10,11)12;9-5-3-1-2-4(8(10,11)12)6(5)7(13)14;9-6-4(7(13)14)2-1-3-5(6)8(10,11)12;9-8(10,11)14-6-3-1-5(2-4-6)7(12)13;8-2(9,1(21)22)3(10,11)4(12,13)5(14,15)6(16,17)7(18,19)20/h1-3H,(H,16,17);1-3H,4H2,(H,14,15);4*1-3H,(H,13,14);1-4H,(H,12,13);(H,21,22). The minimum Gasteiger partial charge on any atom is -0.481 e. The van der Waals surface area contributed by atoms with Crippen LogP contribution >= 0.6 is 11.8 Å². The first-order valence-electron chi connectivity index (χ1n) is 29.5. The highest BCUT2D eigenvalue weighted by molar-refractivity contribution is 8.00. The fourth-order valence-corrected chi connectivity index (χ4v) is 8.28. The quantitative estimate of drug-likeness (QED) is 0.0371. The van der Waals surface area contributed by atoms with E-state index in [1.807, 2.05) is 0 Å². The maximum Gasteiger partial charge on any atom is 0.460 e. The third-order valence-corrected chi connectivity index (χ3v) is 14.0. The lowest BCUT2D eigenvalue weighted by Crippen LogP contribution is -2.71. The fraction of sp³-hybridized carbons (Fsp3) is 0.231. The van der Waals surface area contributed by atoms with Gasteiger partial charge in [-0.25, -0.2) is 55.5 Å². The number of rotatable bonds is 14. The van der Waals surface area contributed by atoms with Crippen LogP contribution in [0.5, 0.6) is 0 Å². The molecule has 7 aromatic rings. The van der Waals surface area contributed by atoms with Gasteiger partial charge in [-0.05, 0) is 133 Å². The van der Waals surface area contributed by atoms with Crippen molar-refractivity contribution in [2.45, 2.75) is 95.8 Å². The van der Waals surface area contributed by atoms with E-state index in [1.54, 1.807) is 0 Å². The number of hydrogen-bond acceptors (Lipinski definition) is 9. The van der Waals surface area contributed by atoms with Crippen LogP contribution in [0.4, 0.5) is 184 Å². The van der Waals surface area contributed by atoms with Gasteiger partial charge in [0.05, 0.1) is 73.2 Å². The minimum atomic E-state index is -8.08. The van der Waals surface area contributed by atoms with Crippen LogP contribution in [0.1, 0.15) is 107 Å². The van der Waals surface area contributed by atoms with Crippen LogP contribution in [0.15, 0.2) is 138 Å². The van der Waals surface area contributed by atoms with Gasteiger partial charge in [0.2, 0.25) is 0 Å². The molecule has 688 valence electrons. The molecule has 7 aromatic carbocycles. The van der Waals surface area contributed by atoms with Gasteiger partial charge in [-0.2, -0.15) is 162 Å². The molecule has 0 spiro atoms. The smallest absolute Gasteiger partial charge is 0.460 e. The Morgan fingerprint density at radius 3 is 1.01 bits per heavy atom. The first-order valence-corrected chi connectivity index (χ1v) is 30.3. The predicted molar refractivity (Wildman–Crippen MR) is 323 cm³/mol. The van der Waals surface area contributed by atoms with Crippen LogP contribution < -0.4 is 0 Å². The molecular weight excluding hydrogens is 1870 g/mol. The highest BCUT2D eigenvalue weighted by atomic mass is 32.2. The predicted octanol–water partition coefficient (Wildman–Crippen LogP) is 22.9. The molecule has 0 aliphatic carbocycles. The lowest BCUT2D eigenvalue weighted by Gasteiger charge is -2.38. The first kappa shape index (κ1) is 112. The summed E-state index contributed by atoms with van der Waals surface area (Å²) in [4.78, 5) is 82.1. The van der Waals surface area contributed by atoms with Crippen molar-refractivity contribution in [3.63, 3.8) is 0 Å². The van der Waals surface area contributed by atoms with Gasteiger partial charge in [-0.3, -0.25) is 4.79 Å². The van der Waals surface area contributed by atoms with Crippen molar-refractivity contribution < 1.29 is 264 Å². The fourth-order valence-electron chi connectivity index (χ4n) is 7.74. The topological polar surface area (TPSA) is 298 Å². The summed E-state index contributed by atoms with van der Waals surface area (Å²) in [6.07, 6.45) is -42.7. The van der Waals surface area contributed by atoms with E-state index in [4.69, 9.17) is 40.9 Å². The van der Waals surface area contributed by atoms with Crippen LogP contribution in [0.3, 0.4) is 0 Å². The Morgan fingerprint density at radius 1 is 0.290 bits per heavy atom. The van der Waals surface area contributed by atoms with Gasteiger partial charge in [0.25, 0.3) is 0 Å². The van der Waals surface area contributed by atoms with Gasteiger partial charge < -0.3 is 40.9 Å². The summed E-state index contributed by atoms with van der Waals surface area (Å²) < 4.78 is 515. The number of hydrogen-bond donors (Lipinski definition) is 8. The Morgan fingerprint density at radius 2 is 0.661 bits per heavy atom. The van der Waals surface area contributed by atoms with Crippen molar-refractivity contribution in [2.75, 3.05) is 0 Å². The monoisotopic (exact) mass is 1900 g/mol. The van der Waals surface area contributed by atoms with Gasteiger partial charge in [-0.1, -0.05) is 18.2 Å². The zero-order chi connectivity index (χ0) is 98.1. The summed E-state index contributed by atoms with van der Waals surface area (Å²) in [6, 6.07) is 14.2. The molecule has 7 rings (SSSR count). The van der Waals surface area contributed by atoms with E-state index >= 15 is 0 Å². The Bertz CT molecular complexity index is 4870. The molecule has 0 radical (unpaired) electrons. The average Bonchev–Trinajstić information content (AvgIpc) is 0.707. The molecule has 0 aliphatic rings. The SMILES string of the molecule is O=C(O)C(F)(F)C(F)(F)C(F)(F)C(F)(F)C(F)(F)C(F)(F)F.O=C(O)Cc1cc(F)ccc1C(F)(F)F.O=C(O)c1c(C(F)(F)F)cccc1C(F)(F)F.O=C(O)c1c(F)cccc1C(F)(F)F.O=C(O)c1cc(C(F)(F)F)ccc1F.O=C(O)c1ccc(F)c(C(F)(F)F)c1.O=C(O)c1ccc(SC(F)(F)F)cc1.O=C(O)c1cccc(C(F)(F)F)c1F. The molecule has 0 unspecified atom stereocenters. The van der Waals surface area contributed by atoms with Gasteiger partial charge in [0.15, 0.2) is 0 Å². The highest BCUT2D eigenvalue weighted by Crippen LogP contribution is 2.60. The summed E-state index contributed by atoms with van der Waals surface area (Å²) in [7, 11) is 0. The summed E-state index contributed by atoms with van der Waals surface area (Å²) in [5.74, 6) is -61.5. The Hall–Kier alpha value is -12.3. The van der Waals surface area contributed by atoms with E-state index in [0.717, 1.165) is 48.5 Å². The van der Waals surface area contributed by atoms with Crippen molar-refractivity contribution in [2.24, 2.45) is 0 Å². The van der Waals surface area contributed by atoms with E-state index in [-0.39, 0.29) is 34.4 Å². The molecule has 0 fully saturated rings. The van der Waals surface area contributed by atoms with Gasteiger partial charge in [0.1, 0.15) is 34.6 Å². The molecule has 0 amide bonds. The molecule has 0 saturated carbocycles. The molecular formula is C65H32F42O16S. The van der Waals surface area contributed by atoms with Crippen molar-refractivity contribution in [1.29, 1.82) is 0 Å². The largest absolute Gasteiger partial charge is 0.481 e. The van der Waals surface area contributed by atoms with Crippen LogP contribution in [0, 0.1) is 29.1 Å². The Balaban J connectivity index is 0.00000140. The zero-order valence-corrected chi connectivity index (χ0v) is 58.4. The highest BCUT2D eigenvalue weighted by Gasteiger charge is 2.92. The van der Waals surface area contributed by atoms with E-state index < -0.39 is 240 Å². The number of thioether (sulfide) groups is 1. The van der Waals surface area contributed by atoms with Gasteiger partial charge in [0, 0.05) is 4.90 Å². The molecule has 59 heteroatoms. The summed E-state index contributed by atoms with van der Waals surface area (Å²) in [5, 5.41) is 66.3. The van der Waals surface area contributed by atoms with Crippen molar-refractivity contribution in [3.05, 3.63) is 240 Å². The number of aromatic carboxylic acids is 6. The van der Waals surface area contributed by atoms with Gasteiger partial charge >= 0.3 is 132 Å². The first-order chi connectivity index (χ1) is 55.2. The van der Waals surface area contributed by atoms with Gasteiger partial charge in [-0.15, -0.1) is 0 Å². The Labute approximate surface area is 658 Å². The molecule has 0 bridgehead atoms. The molecule has 0 aromatic heterocycles. The molecule has 0 heterocycles. The number of aliphatic carboxylic acids is 2. The Kier molecular flexibility index (Phi) is 37.2. The minimum absolute atomic E-state index is 0.0255.